The first-order chi connectivity index (χ1) is 9.69. The molecule has 1 amide bonds. The molecule has 0 atom stereocenters. The summed E-state index contributed by atoms with van der Waals surface area (Å²) in [5.74, 6) is 0.361. The van der Waals surface area contributed by atoms with Crippen LogP contribution < -0.4 is 15.4 Å². The number of thiazole rings is 1. The van der Waals surface area contributed by atoms with Crippen molar-refractivity contribution in [2.75, 3.05) is 11.9 Å². The van der Waals surface area contributed by atoms with Gasteiger partial charge in [0, 0.05) is 17.1 Å². The lowest BCUT2D eigenvalue weighted by atomic mass is 10.2. The summed E-state index contributed by atoms with van der Waals surface area (Å²) in [6, 6.07) is 6.93. The van der Waals surface area contributed by atoms with Crippen molar-refractivity contribution in [3.05, 3.63) is 41.4 Å². The second kappa shape index (κ2) is 6.97. The zero-order chi connectivity index (χ0) is 14.4. The van der Waals surface area contributed by atoms with Gasteiger partial charge in [-0.3, -0.25) is 10.1 Å². The van der Waals surface area contributed by atoms with Crippen molar-refractivity contribution in [2.24, 2.45) is 0 Å². The van der Waals surface area contributed by atoms with Crippen LogP contribution in [0.2, 0.25) is 0 Å². The first-order valence-electron chi connectivity index (χ1n) is 5.93. The van der Waals surface area contributed by atoms with Gasteiger partial charge in [-0.1, -0.05) is 6.07 Å². The maximum atomic E-state index is 12.0. The molecule has 0 aliphatic carbocycles. The standard InChI is InChI=1S/C13H13N3O2S2/c1-2-18-10-5-3-4-9(8-10)11(17)15-12(19)16-13-14-6-7-20-13/h3-8H,2H2,1H3,(H2,14,15,16,17,19). The summed E-state index contributed by atoms with van der Waals surface area (Å²) in [4.78, 5) is 16.1. The van der Waals surface area contributed by atoms with Crippen molar-refractivity contribution < 1.29 is 9.53 Å². The second-order valence-corrected chi connectivity index (χ2v) is 5.01. The Hall–Kier alpha value is -1.99. The molecule has 1 aromatic heterocycles. The minimum Gasteiger partial charge on any atom is -0.494 e. The van der Waals surface area contributed by atoms with Gasteiger partial charge in [-0.25, -0.2) is 4.98 Å². The minimum atomic E-state index is -0.291. The highest BCUT2D eigenvalue weighted by atomic mass is 32.1. The quantitative estimate of drug-likeness (QED) is 0.850. The molecule has 5 nitrogen and oxygen atoms in total. The minimum absolute atomic E-state index is 0.215. The van der Waals surface area contributed by atoms with Crippen molar-refractivity contribution in [1.82, 2.24) is 10.3 Å². The molecule has 1 aromatic carbocycles. The lowest BCUT2D eigenvalue weighted by Crippen LogP contribution is -2.34. The topological polar surface area (TPSA) is 63.2 Å². The van der Waals surface area contributed by atoms with Gasteiger partial charge < -0.3 is 10.1 Å². The Balaban J connectivity index is 1.97. The van der Waals surface area contributed by atoms with E-state index in [-0.39, 0.29) is 11.0 Å². The van der Waals surface area contributed by atoms with Crippen LogP contribution in [-0.4, -0.2) is 22.6 Å². The number of aromatic nitrogens is 1. The highest BCUT2D eigenvalue weighted by Gasteiger charge is 2.09. The molecule has 0 radical (unpaired) electrons. The molecule has 0 aliphatic rings. The van der Waals surface area contributed by atoms with Gasteiger partial charge in [0.2, 0.25) is 0 Å². The number of ether oxygens (including phenoxy) is 1. The van der Waals surface area contributed by atoms with Crippen molar-refractivity contribution in [3.8, 4) is 5.75 Å². The molecule has 2 aromatic rings. The molecule has 7 heteroatoms. The third kappa shape index (κ3) is 4.01. The van der Waals surface area contributed by atoms with Crippen LogP contribution >= 0.6 is 23.6 Å². The Bertz CT molecular complexity index is 599. The predicted octanol–water partition coefficient (Wildman–Crippen LogP) is 2.67. The van der Waals surface area contributed by atoms with E-state index in [1.807, 2.05) is 12.3 Å². The number of hydrogen-bond acceptors (Lipinski definition) is 5. The number of carbonyl (C=O) groups is 1. The Labute approximate surface area is 126 Å². The molecule has 0 fully saturated rings. The van der Waals surface area contributed by atoms with Gasteiger partial charge in [0.25, 0.3) is 5.91 Å². The average molecular weight is 307 g/mol. The summed E-state index contributed by atoms with van der Waals surface area (Å²) >= 11 is 6.46. The van der Waals surface area contributed by atoms with Crippen LogP contribution in [0.25, 0.3) is 0 Å². The van der Waals surface area contributed by atoms with E-state index in [1.54, 1.807) is 30.5 Å². The summed E-state index contributed by atoms with van der Waals surface area (Å²) in [6.45, 7) is 2.44. The van der Waals surface area contributed by atoms with Gasteiger partial charge >= 0.3 is 0 Å². The Morgan fingerprint density at radius 2 is 2.35 bits per heavy atom. The van der Waals surface area contributed by atoms with E-state index in [9.17, 15) is 4.79 Å². The lowest BCUT2D eigenvalue weighted by molar-refractivity contribution is 0.0977. The highest BCUT2D eigenvalue weighted by molar-refractivity contribution is 7.80. The molecule has 0 saturated carbocycles. The first kappa shape index (κ1) is 14.4. The summed E-state index contributed by atoms with van der Waals surface area (Å²) in [6.07, 6.45) is 1.66. The lowest BCUT2D eigenvalue weighted by Gasteiger charge is -2.08. The van der Waals surface area contributed by atoms with Crippen LogP contribution in [0, 0.1) is 0 Å². The fourth-order valence-electron chi connectivity index (χ4n) is 1.48. The zero-order valence-corrected chi connectivity index (χ0v) is 12.4. The van der Waals surface area contributed by atoms with Gasteiger partial charge in [0.05, 0.1) is 6.61 Å². The monoisotopic (exact) mass is 307 g/mol. The van der Waals surface area contributed by atoms with Crippen LogP contribution in [0.3, 0.4) is 0 Å². The third-order valence-corrected chi connectivity index (χ3v) is 3.18. The number of nitrogens with one attached hydrogen (secondary N) is 2. The smallest absolute Gasteiger partial charge is 0.257 e. The molecule has 0 unspecified atom stereocenters. The highest BCUT2D eigenvalue weighted by Crippen LogP contribution is 2.13. The molecule has 0 spiro atoms. The van der Waals surface area contributed by atoms with Gasteiger partial charge in [-0.2, -0.15) is 0 Å². The van der Waals surface area contributed by atoms with E-state index >= 15 is 0 Å². The number of hydrogen-bond donors (Lipinski definition) is 2. The Morgan fingerprint density at radius 3 is 3.05 bits per heavy atom. The molecule has 20 heavy (non-hydrogen) atoms. The van der Waals surface area contributed by atoms with E-state index in [4.69, 9.17) is 17.0 Å². The van der Waals surface area contributed by atoms with E-state index < -0.39 is 0 Å². The first-order valence-corrected chi connectivity index (χ1v) is 7.22. The van der Waals surface area contributed by atoms with Gasteiger partial charge in [0.1, 0.15) is 5.75 Å². The number of amides is 1. The molecule has 1 heterocycles. The van der Waals surface area contributed by atoms with Crippen LogP contribution in [0.15, 0.2) is 35.8 Å². The molecular formula is C13H13N3O2S2. The molecular weight excluding hydrogens is 294 g/mol. The molecule has 104 valence electrons. The number of carbonyl (C=O) groups excluding carboxylic acids is 1. The number of thiocarbonyl (C=S) groups is 1. The number of nitrogens with zero attached hydrogens (tertiary/aromatic N) is 1. The Morgan fingerprint density at radius 1 is 1.50 bits per heavy atom. The average Bonchev–Trinajstić information content (AvgIpc) is 2.92. The maximum absolute atomic E-state index is 12.0. The Kier molecular flexibility index (Phi) is 5.03. The summed E-state index contributed by atoms with van der Waals surface area (Å²) in [5.41, 5.74) is 0.485. The molecule has 0 aliphatic heterocycles. The fourth-order valence-corrected chi connectivity index (χ4v) is 2.27. The largest absolute Gasteiger partial charge is 0.494 e. The fraction of sp³-hybridized carbons (Fsp3) is 0.154. The summed E-state index contributed by atoms with van der Waals surface area (Å²) < 4.78 is 5.35. The van der Waals surface area contributed by atoms with Gasteiger partial charge in [-0.05, 0) is 37.3 Å². The van der Waals surface area contributed by atoms with Crippen molar-refractivity contribution in [2.45, 2.75) is 6.92 Å². The summed E-state index contributed by atoms with van der Waals surface area (Å²) in [7, 11) is 0. The number of benzene rings is 1. The molecule has 0 bridgehead atoms. The normalized spacial score (nSPS) is 9.85. The van der Waals surface area contributed by atoms with Crippen LogP contribution in [0.4, 0.5) is 5.13 Å². The third-order valence-electron chi connectivity index (χ3n) is 2.29. The van der Waals surface area contributed by atoms with E-state index in [1.165, 1.54) is 11.3 Å². The molecule has 2 rings (SSSR count). The van der Waals surface area contributed by atoms with E-state index in [2.05, 4.69) is 15.6 Å². The zero-order valence-electron chi connectivity index (χ0n) is 10.8. The van der Waals surface area contributed by atoms with Crippen LogP contribution in [0.1, 0.15) is 17.3 Å². The van der Waals surface area contributed by atoms with Crippen molar-refractivity contribution in [1.29, 1.82) is 0 Å². The van der Waals surface area contributed by atoms with Crippen LogP contribution in [-0.2, 0) is 0 Å². The maximum Gasteiger partial charge on any atom is 0.257 e. The second-order valence-electron chi connectivity index (χ2n) is 3.71. The SMILES string of the molecule is CCOc1cccc(C(=O)NC(=S)Nc2nccs2)c1. The van der Waals surface area contributed by atoms with E-state index in [0.717, 1.165) is 0 Å². The van der Waals surface area contributed by atoms with Gasteiger partial charge in [0.15, 0.2) is 10.2 Å². The number of anilines is 1. The van der Waals surface area contributed by atoms with Crippen molar-refractivity contribution >= 4 is 39.7 Å². The van der Waals surface area contributed by atoms with Gasteiger partial charge in [-0.15, -0.1) is 11.3 Å². The predicted molar refractivity (Wildman–Crippen MR) is 83.4 cm³/mol. The summed E-state index contributed by atoms with van der Waals surface area (Å²) in [5, 5.41) is 8.10. The molecule has 0 saturated heterocycles. The molecule has 2 N–H and O–H groups in total. The van der Waals surface area contributed by atoms with E-state index in [0.29, 0.717) is 23.1 Å². The van der Waals surface area contributed by atoms with Crippen molar-refractivity contribution in [3.63, 3.8) is 0 Å². The van der Waals surface area contributed by atoms with Crippen LogP contribution in [0.5, 0.6) is 5.75 Å². The number of rotatable bonds is 4.